The van der Waals surface area contributed by atoms with Crippen molar-refractivity contribution < 1.29 is 19.1 Å². The van der Waals surface area contributed by atoms with Crippen molar-refractivity contribution >= 4 is 20.1 Å². The van der Waals surface area contributed by atoms with E-state index in [9.17, 15) is 9.59 Å². The summed E-state index contributed by atoms with van der Waals surface area (Å²) < 4.78 is 11.2. The number of ether oxygens (including phenoxy) is 2. The lowest BCUT2D eigenvalue weighted by atomic mass is 9.78. The number of carbonyl (C=O) groups excluding carboxylic acids is 2. The van der Waals surface area contributed by atoms with Gasteiger partial charge in [-0.25, -0.2) is 9.69 Å². The standard InChI is InChI=1S/C23H35NO4Si/c1-29(2,3)13-12-27-16-20(14-18-10-7-11-18)22(25)24-21(17-28-23(24)26)15-19-8-5-4-6-9-19/h4-6,8-9,18,20-21H,7,10-17H2,1-3H3/t20?,21-/m1/s1. The van der Waals surface area contributed by atoms with E-state index in [1.807, 2.05) is 30.3 Å². The van der Waals surface area contributed by atoms with Crippen LogP contribution in [0.15, 0.2) is 30.3 Å². The lowest BCUT2D eigenvalue weighted by molar-refractivity contribution is -0.136. The first kappa shape index (κ1) is 22.0. The highest BCUT2D eigenvalue weighted by atomic mass is 28.3. The highest BCUT2D eigenvalue weighted by molar-refractivity contribution is 6.76. The molecule has 1 aromatic carbocycles. The Balaban J connectivity index is 1.64. The number of carbonyl (C=O) groups is 2. The van der Waals surface area contributed by atoms with Crippen LogP contribution in [0.25, 0.3) is 0 Å². The van der Waals surface area contributed by atoms with Crippen molar-refractivity contribution in [1.29, 1.82) is 0 Å². The van der Waals surface area contributed by atoms with Crippen LogP contribution in [0.5, 0.6) is 0 Å². The van der Waals surface area contributed by atoms with E-state index in [0.717, 1.165) is 18.0 Å². The molecule has 0 bridgehead atoms. The third-order valence-corrected chi connectivity index (χ3v) is 7.72. The molecule has 0 spiro atoms. The van der Waals surface area contributed by atoms with Crippen molar-refractivity contribution in [2.75, 3.05) is 19.8 Å². The molecule has 3 rings (SSSR count). The van der Waals surface area contributed by atoms with Crippen LogP contribution in [0.2, 0.25) is 25.7 Å². The van der Waals surface area contributed by atoms with Gasteiger partial charge in [-0.2, -0.15) is 0 Å². The topological polar surface area (TPSA) is 55.8 Å². The number of hydrogen-bond acceptors (Lipinski definition) is 4. The quantitative estimate of drug-likeness (QED) is 0.408. The molecule has 1 aliphatic heterocycles. The summed E-state index contributed by atoms with van der Waals surface area (Å²) >= 11 is 0. The van der Waals surface area contributed by atoms with Gasteiger partial charge in [0.1, 0.15) is 6.61 Å². The van der Waals surface area contributed by atoms with Crippen molar-refractivity contribution in [2.24, 2.45) is 11.8 Å². The maximum Gasteiger partial charge on any atom is 0.416 e. The van der Waals surface area contributed by atoms with E-state index in [2.05, 4.69) is 19.6 Å². The third kappa shape index (κ3) is 6.41. The van der Waals surface area contributed by atoms with E-state index in [0.29, 0.717) is 25.6 Å². The Bertz CT molecular complexity index is 684. The molecule has 0 radical (unpaired) electrons. The van der Waals surface area contributed by atoms with Gasteiger partial charge >= 0.3 is 6.09 Å². The molecule has 29 heavy (non-hydrogen) atoms. The van der Waals surface area contributed by atoms with Gasteiger partial charge in [0.05, 0.1) is 18.6 Å². The van der Waals surface area contributed by atoms with Crippen LogP contribution in [0.3, 0.4) is 0 Å². The summed E-state index contributed by atoms with van der Waals surface area (Å²) in [6.07, 6.45) is 4.53. The molecule has 0 N–H and O–H groups in total. The van der Waals surface area contributed by atoms with Gasteiger partial charge in [0.25, 0.3) is 0 Å². The zero-order valence-corrected chi connectivity index (χ0v) is 19.1. The van der Waals surface area contributed by atoms with E-state index >= 15 is 0 Å². The van der Waals surface area contributed by atoms with Gasteiger partial charge in [0, 0.05) is 14.7 Å². The molecule has 2 aliphatic rings. The summed E-state index contributed by atoms with van der Waals surface area (Å²) in [5.74, 6) is 0.204. The maximum absolute atomic E-state index is 13.4. The molecular weight excluding hydrogens is 382 g/mol. The van der Waals surface area contributed by atoms with E-state index in [1.54, 1.807) is 0 Å². The third-order valence-electron chi connectivity index (χ3n) is 6.02. The zero-order chi connectivity index (χ0) is 20.9. The lowest BCUT2D eigenvalue weighted by Crippen LogP contribution is -2.45. The first-order valence-electron chi connectivity index (χ1n) is 10.9. The van der Waals surface area contributed by atoms with Gasteiger partial charge in [0.15, 0.2) is 0 Å². The second-order valence-corrected chi connectivity index (χ2v) is 15.4. The summed E-state index contributed by atoms with van der Waals surface area (Å²) in [7, 11) is -1.17. The number of nitrogens with zero attached hydrogens (tertiary/aromatic N) is 1. The number of rotatable bonds is 10. The maximum atomic E-state index is 13.4. The van der Waals surface area contributed by atoms with Crippen LogP contribution in [-0.2, 0) is 20.7 Å². The van der Waals surface area contributed by atoms with Gasteiger partial charge in [-0.05, 0) is 30.4 Å². The Kier molecular flexibility index (Phi) is 7.52. The zero-order valence-electron chi connectivity index (χ0n) is 18.1. The lowest BCUT2D eigenvalue weighted by Gasteiger charge is -2.31. The molecular formula is C23H35NO4Si. The fourth-order valence-electron chi connectivity index (χ4n) is 3.94. The van der Waals surface area contributed by atoms with E-state index < -0.39 is 14.2 Å². The van der Waals surface area contributed by atoms with Crippen LogP contribution in [0.4, 0.5) is 4.79 Å². The van der Waals surface area contributed by atoms with Crippen molar-refractivity contribution in [3.05, 3.63) is 35.9 Å². The SMILES string of the molecule is C[Si](C)(C)CCOCC(CC1CCC1)C(=O)N1C(=O)OC[C@H]1Cc1ccccc1. The van der Waals surface area contributed by atoms with Crippen molar-refractivity contribution in [2.45, 2.75) is 63.8 Å². The summed E-state index contributed by atoms with van der Waals surface area (Å²) in [5, 5.41) is 0. The van der Waals surface area contributed by atoms with E-state index in [4.69, 9.17) is 9.47 Å². The van der Waals surface area contributed by atoms with E-state index in [1.165, 1.54) is 24.2 Å². The van der Waals surface area contributed by atoms with Crippen LogP contribution in [-0.4, -0.2) is 50.8 Å². The Hall–Kier alpha value is -1.66. The fourth-order valence-corrected chi connectivity index (χ4v) is 4.70. The molecule has 1 saturated carbocycles. The van der Waals surface area contributed by atoms with Crippen LogP contribution in [0.1, 0.15) is 31.2 Å². The first-order chi connectivity index (χ1) is 13.8. The molecule has 2 amide bonds. The molecule has 1 saturated heterocycles. The Morgan fingerprint density at radius 3 is 2.59 bits per heavy atom. The molecule has 6 heteroatoms. The summed E-state index contributed by atoms with van der Waals surface area (Å²) in [6.45, 7) is 8.33. The highest BCUT2D eigenvalue weighted by Gasteiger charge is 2.41. The minimum absolute atomic E-state index is 0.117. The summed E-state index contributed by atoms with van der Waals surface area (Å²) in [6, 6.07) is 10.8. The fraction of sp³-hybridized carbons (Fsp3) is 0.652. The normalized spacial score (nSPS) is 21.0. The van der Waals surface area contributed by atoms with Crippen LogP contribution >= 0.6 is 0 Å². The number of hydrogen-bond donors (Lipinski definition) is 0. The van der Waals surface area contributed by atoms with Gasteiger partial charge < -0.3 is 9.47 Å². The average molecular weight is 418 g/mol. The minimum Gasteiger partial charge on any atom is -0.447 e. The Labute approximate surface area is 175 Å². The van der Waals surface area contributed by atoms with Crippen molar-refractivity contribution in [3.63, 3.8) is 0 Å². The molecule has 160 valence electrons. The Morgan fingerprint density at radius 1 is 1.24 bits per heavy atom. The molecule has 2 fully saturated rings. The molecule has 1 aromatic rings. The molecule has 1 heterocycles. The van der Waals surface area contributed by atoms with Crippen molar-refractivity contribution in [1.82, 2.24) is 4.90 Å². The number of imide groups is 1. The minimum atomic E-state index is -1.17. The second kappa shape index (κ2) is 9.89. The smallest absolute Gasteiger partial charge is 0.416 e. The van der Waals surface area contributed by atoms with Crippen LogP contribution in [0, 0.1) is 11.8 Å². The van der Waals surface area contributed by atoms with E-state index in [-0.39, 0.29) is 24.5 Å². The molecule has 1 aliphatic carbocycles. The average Bonchev–Trinajstić information content (AvgIpc) is 2.99. The highest BCUT2D eigenvalue weighted by Crippen LogP contribution is 2.34. The molecule has 1 unspecified atom stereocenters. The largest absolute Gasteiger partial charge is 0.447 e. The predicted molar refractivity (Wildman–Crippen MR) is 117 cm³/mol. The van der Waals surface area contributed by atoms with Gasteiger partial charge in [-0.3, -0.25) is 4.79 Å². The molecule has 2 atom stereocenters. The Morgan fingerprint density at radius 2 is 1.97 bits per heavy atom. The van der Waals surface area contributed by atoms with Crippen molar-refractivity contribution in [3.8, 4) is 0 Å². The van der Waals surface area contributed by atoms with Crippen LogP contribution < -0.4 is 0 Å². The monoisotopic (exact) mass is 417 g/mol. The molecule has 0 aromatic heterocycles. The molecule has 5 nitrogen and oxygen atoms in total. The number of cyclic esters (lactones) is 1. The first-order valence-corrected chi connectivity index (χ1v) is 14.7. The predicted octanol–water partition coefficient (Wildman–Crippen LogP) is 4.74. The second-order valence-electron chi connectivity index (χ2n) is 9.74. The number of amides is 2. The van der Waals surface area contributed by atoms with Gasteiger partial charge in [0.2, 0.25) is 5.91 Å². The van der Waals surface area contributed by atoms with Gasteiger partial charge in [-0.15, -0.1) is 0 Å². The number of benzene rings is 1. The summed E-state index contributed by atoms with van der Waals surface area (Å²) in [5.41, 5.74) is 1.11. The summed E-state index contributed by atoms with van der Waals surface area (Å²) in [4.78, 5) is 27.1. The van der Waals surface area contributed by atoms with Gasteiger partial charge in [-0.1, -0.05) is 69.2 Å².